The van der Waals surface area contributed by atoms with Gasteiger partial charge in [-0.2, -0.15) is 5.10 Å². The van der Waals surface area contributed by atoms with Gasteiger partial charge in [0.15, 0.2) is 0 Å². The fourth-order valence-corrected chi connectivity index (χ4v) is 2.34. The first-order valence-electron chi connectivity index (χ1n) is 6.63. The van der Waals surface area contributed by atoms with Crippen LogP contribution in [0.3, 0.4) is 0 Å². The summed E-state index contributed by atoms with van der Waals surface area (Å²) in [6.45, 7) is 4.15. The van der Waals surface area contributed by atoms with Gasteiger partial charge in [0, 0.05) is 0 Å². The fourth-order valence-electron chi connectivity index (χ4n) is 2.34. The zero-order valence-corrected chi connectivity index (χ0v) is 11.6. The lowest BCUT2D eigenvalue weighted by molar-refractivity contribution is 0.0694. The Morgan fingerprint density at radius 2 is 2.10 bits per heavy atom. The second-order valence-corrected chi connectivity index (χ2v) is 4.57. The van der Waals surface area contributed by atoms with Gasteiger partial charge < -0.3 is 5.11 Å². The van der Waals surface area contributed by atoms with Crippen molar-refractivity contribution in [3.63, 3.8) is 0 Å². The Kier molecular flexibility index (Phi) is 4.17. The zero-order chi connectivity index (χ0) is 14.7. The van der Waals surface area contributed by atoms with Gasteiger partial charge >= 0.3 is 5.97 Å². The van der Waals surface area contributed by atoms with E-state index in [9.17, 15) is 14.3 Å². The molecule has 0 aliphatic carbocycles. The van der Waals surface area contributed by atoms with Crippen LogP contribution in [0.15, 0.2) is 24.3 Å². The highest BCUT2D eigenvalue weighted by atomic mass is 19.1. The molecule has 0 unspecified atom stereocenters. The van der Waals surface area contributed by atoms with Crippen LogP contribution in [0.2, 0.25) is 0 Å². The monoisotopic (exact) mass is 276 g/mol. The topological polar surface area (TPSA) is 55.1 Å². The molecule has 0 saturated carbocycles. The maximum Gasteiger partial charge on any atom is 0.339 e. The second kappa shape index (κ2) is 5.86. The van der Waals surface area contributed by atoms with Crippen LogP contribution >= 0.6 is 0 Å². The van der Waals surface area contributed by atoms with E-state index in [1.807, 2.05) is 13.8 Å². The van der Waals surface area contributed by atoms with Gasteiger partial charge in [-0.1, -0.05) is 26.0 Å². The van der Waals surface area contributed by atoms with Gasteiger partial charge in [0.05, 0.1) is 17.9 Å². The molecule has 0 fully saturated rings. The molecule has 0 atom stereocenters. The number of carbonyl (C=O) groups is 1. The van der Waals surface area contributed by atoms with Crippen molar-refractivity contribution < 1.29 is 14.3 Å². The Balaban J connectivity index is 2.44. The molecule has 4 nitrogen and oxygen atoms in total. The van der Waals surface area contributed by atoms with Crippen LogP contribution in [-0.2, 0) is 19.4 Å². The van der Waals surface area contributed by atoms with E-state index in [0.29, 0.717) is 30.8 Å². The van der Waals surface area contributed by atoms with Crippen LogP contribution in [0.4, 0.5) is 4.39 Å². The molecule has 1 heterocycles. The number of hydrogen-bond donors (Lipinski definition) is 1. The van der Waals surface area contributed by atoms with E-state index >= 15 is 0 Å². The molecule has 1 N–H and O–H groups in total. The molecule has 106 valence electrons. The van der Waals surface area contributed by atoms with Gasteiger partial charge in [-0.05, 0) is 30.5 Å². The molecule has 0 bridgehead atoms. The Hall–Kier alpha value is -2.17. The largest absolute Gasteiger partial charge is 0.478 e. The number of aryl methyl sites for hydroxylation is 1. The predicted octanol–water partition coefficient (Wildman–Crippen LogP) is 2.89. The quantitative estimate of drug-likeness (QED) is 0.913. The molecular formula is C15H17FN2O2. The maximum atomic E-state index is 13.2. The molecule has 0 amide bonds. The van der Waals surface area contributed by atoms with Crippen molar-refractivity contribution in [1.29, 1.82) is 0 Å². The van der Waals surface area contributed by atoms with Crippen LogP contribution in [0.1, 0.15) is 41.2 Å². The van der Waals surface area contributed by atoms with Crippen molar-refractivity contribution in [2.75, 3.05) is 0 Å². The number of hydrogen-bond acceptors (Lipinski definition) is 2. The molecule has 1 aromatic carbocycles. The summed E-state index contributed by atoms with van der Waals surface area (Å²) in [6, 6.07) is 6.26. The lowest BCUT2D eigenvalue weighted by Crippen LogP contribution is -2.08. The van der Waals surface area contributed by atoms with Gasteiger partial charge in [-0.25, -0.2) is 9.18 Å². The minimum absolute atomic E-state index is 0.284. The molecule has 0 aliphatic rings. The maximum absolute atomic E-state index is 13.2. The minimum Gasteiger partial charge on any atom is -0.478 e. The van der Waals surface area contributed by atoms with Crippen LogP contribution in [0, 0.1) is 5.82 Å². The van der Waals surface area contributed by atoms with E-state index < -0.39 is 5.97 Å². The first-order valence-corrected chi connectivity index (χ1v) is 6.63. The Labute approximate surface area is 116 Å². The van der Waals surface area contributed by atoms with Crippen molar-refractivity contribution in [2.24, 2.45) is 0 Å². The summed E-state index contributed by atoms with van der Waals surface area (Å²) in [5.41, 5.74) is 2.30. The summed E-state index contributed by atoms with van der Waals surface area (Å²) < 4.78 is 14.9. The number of aromatic carboxylic acids is 1. The Morgan fingerprint density at radius 3 is 2.65 bits per heavy atom. The summed E-state index contributed by atoms with van der Waals surface area (Å²) in [5, 5.41) is 13.7. The summed E-state index contributed by atoms with van der Waals surface area (Å²) in [4.78, 5) is 11.4. The van der Waals surface area contributed by atoms with Crippen LogP contribution < -0.4 is 0 Å². The molecule has 0 spiro atoms. The first-order chi connectivity index (χ1) is 9.56. The average molecular weight is 276 g/mol. The third-order valence-electron chi connectivity index (χ3n) is 3.24. The summed E-state index contributed by atoms with van der Waals surface area (Å²) in [6.07, 6.45) is 1.13. The first kappa shape index (κ1) is 14.2. The van der Waals surface area contributed by atoms with Crippen molar-refractivity contribution >= 4 is 5.97 Å². The van der Waals surface area contributed by atoms with E-state index in [2.05, 4.69) is 5.10 Å². The molecule has 20 heavy (non-hydrogen) atoms. The number of carboxylic acids is 1. The van der Waals surface area contributed by atoms with Gasteiger partial charge in [-0.3, -0.25) is 4.68 Å². The average Bonchev–Trinajstić information content (AvgIpc) is 2.76. The standard InChI is InChI=1S/C15H17FN2O2/c1-3-12-14(15(19)20)13(4-2)18(17-12)9-10-6-5-7-11(16)8-10/h5-8H,3-4,9H2,1-2H3,(H,19,20). The van der Waals surface area contributed by atoms with E-state index in [1.165, 1.54) is 12.1 Å². The third kappa shape index (κ3) is 2.71. The summed E-state index contributed by atoms with van der Waals surface area (Å²) in [5.74, 6) is -1.26. The lowest BCUT2D eigenvalue weighted by Gasteiger charge is -2.07. The Morgan fingerprint density at radius 1 is 1.35 bits per heavy atom. The van der Waals surface area contributed by atoms with Crippen molar-refractivity contribution in [3.8, 4) is 0 Å². The summed E-state index contributed by atoms with van der Waals surface area (Å²) >= 11 is 0. The van der Waals surface area contributed by atoms with Crippen LogP contribution in [-0.4, -0.2) is 20.9 Å². The molecular weight excluding hydrogens is 259 g/mol. The third-order valence-corrected chi connectivity index (χ3v) is 3.24. The van der Waals surface area contributed by atoms with E-state index in [4.69, 9.17) is 0 Å². The number of carboxylic acid groups (broad SMARTS) is 1. The highest BCUT2D eigenvalue weighted by Crippen LogP contribution is 2.18. The van der Waals surface area contributed by atoms with Gasteiger partial charge in [0.1, 0.15) is 11.4 Å². The number of aromatic nitrogens is 2. The van der Waals surface area contributed by atoms with Crippen molar-refractivity contribution in [3.05, 3.63) is 52.6 Å². The van der Waals surface area contributed by atoms with Gasteiger partial charge in [0.25, 0.3) is 0 Å². The molecule has 1 aromatic heterocycles. The molecule has 2 rings (SSSR count). The van der Waals surface area contributed by atoms with Crippen molar-refractivity contribution in [2.45, 2.75) is 33.2 Å². The van der Waals surface area contributed by atoms with Crippen LogP contribution in [0.5, 0.6) is 0 Å². The zero-order valence-electron chi connectivity index (χ0n) is 11.6. The van der Waals surface area contributed by atoms with E-state index in [1.54, 1.807) is 16.8 Å². The highest BCUT2D eigenvalue weighted by Gasteiger charge is 2.21. The minimum atomic E-state index is -0.954. The number of nitrogens with zero attached hydrogens (tertiary/aromatic N) is 2. The second-order valence-electron chi connectivity index (χ2n) is 4.57. The summed E-state index contributed by atoms with van der Waals surface area (Å²) in [7, 11) is 0. The molecule has 2 aromatic rings. The SMILES string of the molecule is CCc1nn(Cc2cccc(F)c2)c(CC)c1C(=O)O. The highest BCUT2D eigenvalue weighted by molar-refractivity contribution is 5.90. The lowest BCUT2D eigenvalue weighted by atomic mass is 10.1. The molecule has 0 radical (unpaired) electrons. The number of benzene rings is 1. The van der Waals surface area contributed by atoms with E-state index in [0.717, 1.165) is 5.56 Å². The number of halogens is 1. The fraction of sp³-hybridized carbons (Fsp3) is 0.333. The molecule has 0 saturated heterocycles. The smallest absolute Gasteiger partial charge is 0.339 e. The number of rotatable bonds is 5. The van der Waals surface area contributed by atoms with Gasteiger partial charge in [0.2, 0.25) is 0 Å². The van der Waals surface area contributed by atoms with Crippen molar-refractivity contribution in [1.82, 2.24) is 9.78 Å². The predicted molar refractivity (Wildman–Crippen MR) is 73.4 cm³/mol. The normalized spacial score (nSPS) is 10.8. The Bertz CT molecular complexity index is 635. The molecule has 5 heteroatoms. The van der Waals surface area contributed by atoms with Crippen LogP contribution in [0.25, 0.3) is 0 Å². The van der Waals surface area contributed by atoms with E-state index in [-0.39, 0.29) is 11.4 Å². The van der Waals surface area contributed by atoms with Gasteiger partial charge in [-0.15, -0.1) is 0 Å². The molecule has 0 aliphatic heterocycles.